The zero-order valence-corrected chi connectivity index (χ0v) is 11.7. The lowest BCUT2D eigenvalue weighted by atomic mass is 10.3. The van der Waals surface area contributed by atoms with Gasteiger partial charge >= 0.3 is 5.69 Å². The summed E-state index contributed by atoms with van der Waals surface area (Å²) in [4.78, 5) is 33.9. The number of nitrogens with one attached hydrogen (secondary N) is 2. The van der Waals surface area contributed by atoms with Crippen molar-refractivity contribution in [3.63, 3.8) is 0 Å². The summed E-state index contributed by atoms with van der Waals surface area (Å²) in [6.07, 6.45) is 1.83. The molecule has 108 valence electrons. The number of nitrogens with zero attached hydrogens (tertiary/aromatic N) is 3. The van der Waals surface area contributed by atoms with Gasteiger partial charge in [-0.25, -0.2) is 4.79 Å². The van der Waals surface area contributed by atoms with Gasteiger partial charge in [0.05, 0.1) is 7.11 Å². The molecule has 0 unspecified atom stereocenters. The summed E-state index contributed by atoms with van der Waals surface area (Å²) < 4.78 is 6.75. The van der Waals surface area contributed by atoms with E-state index in [4.69, 9.17) is 4.74 Å². The van der Waals surface area contributed by atoms with Crippen molar-refractivity contribution in [2.75, 3.05) is 12.4 Å². The Morgan fingerprint density at radius 3 is 2.80 bits per heavy atom. The molecule has 2 aromatic heterocycles. The number of amides is 1. The monoisotopic (exact) mass is 279 g/mol. The van der Waals surface area contributed by atoms with Gasteiger partial charge in [-0.15, -0.1) is 0 Å². The number of hydrogen-bond donors (Lipinski definition) is 2. The van der Waals surface area contributed by atoms with Gasteiger partial charge in [-0.3, -0.25) is 19.7 Å². The van der Waals surface area contributed by atoms with Gasteiger partial charge in [-0.2, -0.15) is 9.97 Å². The molecule has 0 radical (unpaired) electrons. The van der Waals surface area contributed by atoms with Crippen LogP contribution in [0.25, 0.3) is 11.2 Å². The number of H-pyrrole nitrogens is 1. The van der Waals surface area contributed by atoms with E-state index in [9.17, 15) is 9.59 Å². The van der Waals surface area contributed by atoms with Crippen molar-refractivity contribution in [1.29, 1.82) is 0 Å². The van der Waals surface area contributed by atoms with Crippen LogP contribution in [0.15, 0.2) is 4.79 Å². The summed E-state index contributed by atoms with van der Waals surface area (Å²) in [5.74, 6) is 0.0677. The second-order valence-corrected chi connectivity index (χ2v) is 4.37. The number of fused-ring (bicyclic) bond motifs is 1. The molecule has 0 atom stereocenters. The Kier molecular flexibility index (Phi) is 4.02. The molecule has 0 saturated carbocycles. The fourth-order valence-corrected chi connectivity index (χ4v) is 1.92. The fourth-order valence-electron chi connectivity index (χ4n) is 1.92. The highest BCUT2D eigenvalue weighted by Crippen LogP contribution is 2.22. The van der Waals surface area contributed by atoms with Crippen LogP contribution in [0, 0.1) is 0 Å². The Morgan fingerprint density at radius 2 is 2.20 bits per heavy atom. The van der Waals surface area contributed by atoms with Gasteiger partial charge in [0.25, 0.3) is 0 Å². The topological polar surface area (TPSA) is 102 Å². The van der Waals surface area contributed by atoms with Gasteiger partial charge in [0.15, 0.2) is 11.2 Å². The Morgan fingerprint density at radius 1 is 1.45 bits per heavy atom. The van der Waals surface area contributed by atoms with Crippen LogP contribution in [-0.4, -0.2) is 32.5 Å². The molecule has 0 aromatic carbocycles. The number of methoxy groups -OCH3 is 1. The maximum atomic E-state index is 11.9. The zero-order chi connectivity index (χ0) is 14.7. The summed E-state index contributed by atoms with van der Waals surface area (Å²) >= 11 is 0. The molecule has 0 fully saturated rings. The maximum absolute atomic E-state index is 11.9. The highest BCUT2D eigenvalue weighted by molar-refractivity contribution is 5.88. The highest BCUT2D eigenvalue weighted by atomic mass is 16.5. The van der Waals surface area contributed by atoms with Gasteiger partial charge in [-0.1, -0.05) is 13.3 Å². The van der Waals surface area contributed by atoms with Gasteiger partial charge < -0.3 is 4.74 Å². The molecule has 2 rings (SSSR count). The molecular weight excluding hydrogens is 262 g/mol. The van der Waals surface area contributed by atoms with Crippen LogP contribution >= 0.6 is 0 Å². The third kappa shape index (κ3) is 2.63. The smallest absolute Gasteiger partial charge is 0.327 e. The number of unbranched alkanes of at least 4 members (excludes halogenated alkanes) is 1. The molecule has 8 nitrogen and oxygen atoms in total. The van der Waals surface area contributed by atoms with Gasteiger partial charge in [0.2, 0.25) is 17.7 Å². The molecule has 0 aliphatic heterocycles. The summed E-state index contributed by atoms with van der Waals surface area (Å²) in [5, 5.41) is 2.47. The molecule has 0 aliphatic rings. The van der Waals surface area contributed by atoms with Crippen LogP contribution < -0.4 is 15.7 Å². The van der Waals surface area contributed by atoms with Crippen molar-refractivity contribution in [1.82, 2.24) is 19.5 Å². The summed E-state index contributed by atoms with van der Waals surface area (Å²) in [6.45, 7) is 3.96. The molecule has 2 aromatic rings. The minimum Gasteiger partial charge on any atom is -0.479 e. The largest absolute Gasteiger partial charge is 0.479 e. The summed E-state index contributed by atoms with van der Waals surface area (Å²) in [5.41, 5.74) is 0.600. The van der Waals surface area contributed by atoms with Gasteiger partial charge in [0.1, 0.15) is 0 Å². The number of anilines is 1. The van der Waals surface area contributed by atoms with E-state index in [1.165, 1.54) is 14.0 Å². The molecule has 0 spiro atoms. The second kappa shape index (κ2) is 5.72. The van der Waals surface area contributed by atoms with Crippen LogP contribution in [0.2, 0.25) is 0 Å². The lowest BCUT2D eigenvalue weighted by Gasteiger charge is -2.07. The highest BCUT2D eigenvalue weighted by Gasteiger charge is 2.16. The first kappa shape index (κ1) is 14.0. The van der Waals surface area contributed by atoms with E-state index in [0.29, 0.717) is 17.7 Å². The normalized spacial score (nSPS) is 10.8. The number of ether oxygens (including phenoxy) is 1. The minimum atomic E-state index is -0.292. The number of aromatic nitrogens is 4. The first-order valence-electron chi connectivity index (χ1n) is 6.39. The van der Waals surface area contributed by atoms with Crippen LogP contribution in [0.1, 0.15) is 26.7 Å². The first-order valence-corrected chi connectivity index (χ1v) is 6.39. The SMILES string of the molecule is CCCCn1c(=O)[nH]c2nc(NC(C)=O)nc(OC)c21. The third-order valence-corrected chi connectivity index (χ3v) is 2.81. The minimum absolute atomic E-state index is 0.103. The van der Waals surface area contributed by atoms with Crippen molar-refractivity contribution in [2.45, 2.75) is 33.2 Å². The Hall–Kier alpha value is -2.38. The lowest BCUT2D eigenvalue weighted by molar-refractivity contribution is -0.114. The average Bonchev–Trinajstić information content (AvgIpc) is 2.70. The van der Waals surface area contributed by atoms with E-state index in [0.717, 1.165) is 12.8 Å². The van der Waals surface area contributed by atoms with Crippen LogP contribution in [0.3, 0.4) is 0 Å². The van der Waals surface area contributed by atoms with Gasteiger partial charge in [-0.05, 0) is 6.42 Å². The van der Waals surface area contributed by atoms with Crippen LogP contribution in [-0.2, 0) is 11.3 Å². The molecule has 20 heavy (non-hydrogen) atoms. The third-order valence-electron chi connectivity index (χ3n) is 2.81. The molecule has 2 heterocycles. The standard InChI is InChI=1S/C12H17N5O3/c1-4-5-6-17-8-9(15-12(17)19)14-11(13-7(2)18)16-10(8)20-3/h4-6H2,1-3H3,(H2,13,14,15,16,18,19). The molecule has 0 aliphatic carbocycles. The average molecular weight is 279 g/mol. The van der Waals surface area contributed by atoms with E-state index in [-0.39, 0.29) is 23.4 Å². The van der Waals surface area contributed by atoms with Crippen molar-refractivity contribution in [3.8, 4) is 5.88 Å². The second-order valence-electron chi connectivity index (χ2n) is 4.37. The van der Waals surface area contributed by atoms with Crippen LogP contribution in [0.4, 0.5) is 5.95 Å². The predicted molar refractivity (Wildman–Crippen MR) is 73.9 cm³/mol. The zero-order valence-electron chi connectivity index (χ0n) is 11.7. The Balaban J connectivity index is 2.58. The molecule has 8 heteroatoms. The number of rotatable bonds is 5. The summed E-state index contributed by atoms with van der Waals surface area (Å²) in [7, 11) is 1.46. The number of aryl methyl sites for hydroxylation is 1. The van der Waals surface area contributed by atoms with E-state index in [1.54, 1.807) is 4.57 Å². The number of hydrogen-bond acceptors (Lipinski definition) is 5. The molecule has 0 bridgehead atoms. The van der Waals surface area contributed by atoms with Crippen molar-refractivity contribution in [2.24, 2.45) is 0 Å². The lowest BCUT2D eigenvalue weighted by Crippen LogP contribution is -2.17. The number of carbonyl (C=O) groups excluding carboxylic acids is 1. The van der Waals surface area contributed by atoms with E-state index in [2.05, 4.69) is 20.3 Å². The van der Waals surface area contributed by atoms with E-state index >= 15 is 0 Å². The molecular formula is C12H17N5O3. The van der Waals surface area contributed by atoms with Crippen molar-refractivity contribution < 1.29 is 9.53 Å². The number of carbonyl (C=O) groups is 1. The summed E-state index contributed by atoms with van der Waals surface area (Å²) in [6, 6.07) is 0. The Labute approximate surface area is 115 Å². The first-order chi connectivity index (χ1) is 9.56. The molecule has 2 N–H and O–H groups in total. The Bertz CT molecular complexity index is 688. The fraction of sp³-hybridized carbons (Fsp3) is 0.500. The number of aromatic amines is 1. The quantitative estimate of drug-likeness (QED) is 0.846. The van der Waals surface area contributed by atoms with E-state index in [1.807, 2.05) is 6.92 Å². The maximum Gasteiger partial charge on any atom is 0.327 e. The number of imidazole rings is 1. The predicted octanol–water partition coefficient (Wildman–Crippen LogP) is 0.887. The molecule has 0 saturated heterocycles. The van der Waals surface area contributed by atoms with Gasteiger partial charge in [0, 0.05) is 13.5 Å². The molecule has 1 amide bonds. The van der Waals surface area contributed by atoms with Crippen molar-refractivity contribution >= 4 is 23.0 Å². The van der Waals surface area contributed by atoms with Crippen molar-refractivity contribution in [3.05, 3.63) is 10.5 Å². The van der Waals surface area contributed by atoms with E-state index < -0.39 is 0 Å². The van der Waals surface area contributed by atoms with Crippen LogP contribution in [0.5, 0.6) is 5.88 Å².